The highest BCUT2D eigenvalue weighted by Crippen LogP contribution is 2.34. The van der Waals surface area contributed by atoms with E-state index in [1.54, 1.807) is 0 Å². The minimum Gasteiger partial charge on any atom is -0.489 e. The first-order valence-corrected chi connectivity index (χ1v) is 12.3. The number of ether oxygens (including phenoxy) is 2. The Bertz CT molecular complexity index is 1130. The first-order chi connectivity index (χ1) is 16.6. The summed E-state index contributed by atoms with van der Waals surface area (Å²) < 4.78 is 11.6. The van der Waals surface area contributed by atoms with Crippen LogP contribution in [-0.4, -0.2) is 24.8 Å². The van der Waals surface area contributed by atoms with Crippen molar-refractivity contribution < 1.29 is 14.3 Å². The molecule has 5 rings (SSSR count). The number of anilines is 1. The number of rotatable bonds is 7. The number of piperidine rings is 1. The zero-order valence-electron chi connectivity index (χ0n) is 19.0. The molecule has 1 amide bonds. The number of nitrogens with one attached hydrogen (secondary N) is 2. The van der Waals surface area contributed by atoms with Crippen molar-refractivity contribution in [3.63, 3.8) is 0 Å². The fraction of sp³-hybridized carbons (Fsp3) is 0.321. The van der Waals surface area contributed by atoms with Crippen LogP contribution in [-0.2, 0) is 11.3 Å². The smallest absolute Gasteiger partial charge is 0.411 e. The summed E-state index contributed by atoms with van der Waals surface area (Å²) in [7, 11) is 0. The second kappa shape index (κ2) is 10.5. The van der Waals surface area contributed by atoms with E-state index in [1.807, 2.05) is 72.8 Å². The van der Waals surface area contributed by atoms with Gasteiger partial charge in [0.15, 0.2) is 0 Å². The molecule has 176 valence electrons. The van der Waals surface area contributed by atoms with Gasteiger partial charge >= 0.3 is 6.09 Å². The maximum atomic E-state index is 12.7. The highest BCUT2D eigenvalue weighted by atomic mass is 35.5. The largest absolute Gasteiger partial charge is 0.489 e. The fourth-order valence-electron chi connectivity index (χ4n) is 5.01. The molecule has 0 radical (unpaired) electrons. The lowest BCUT2D eigenvalue weighted by atomic mass is 9.93. The van der Waals surface area contributed by atoms with E-state index in [9.17, 15) is 4.79 Å². The Morgan fingerprint density at radius 3 is 2.53 bits per heavy atom. The van der Waals surface area contributed by atoms with Gasteiger partial charge in [0.25, 0.3) is 0 Å². The van der Waals surface area contributed by atoms with E-state index in [0.29, 0.717) is 47.7 Å². The van der Waals surface area contributed by atoms with Gasteiger partial charge in [0, 0.05) is 22.7 Å². The minimum absolute atomic E-state index is 0.422. The number of benzene rings is 3. The van der Waals surface area contributed by atoms with Gasteiger partial charge in [-0.2, -0.15) is 0 Å². The molecule has 0 aromatic heterocycles. The normalized spacial score (nSPS) is 21.1. The maximum Gasteiger partial charge on any atom is 0.411 e. The van der Waals surface area contributed by atoms with E-state index in [4.69, 9.17) is 21.1 Å². The summed E-state index contributed by atoms with van der Waals surface area (Å²) in [6.07, 6.45) is 4.17. The molecular weight excluding hydrogens is 448 g/mol. The standard InChI is InChI=1S/C28H29ClN2O3/c29-22-8-4-7-21(15-22)26-16-25(33-17-19-5-2-1-3-6-19)11-12-27(26)31-28(32)34-18-20-13-23-9-10-24(14-20)30-23/h1-8,11-12,15-16,20,23-24,30H,9-10,13-14,17-18H2,(H,31,32)/t20?,23-,24+. The van der Waals surface area contributed by atoms with Crippen LogP contribution in [0.4, 0.5) is 10.5 Å². The molecule has 1 unspecified atom stereocenters. The molecule has 5 nitrogen and oxygen atoms in total. The van der Waals surface area contributed by atoms with Gasteiger partial charge in [-0.05, 0) is 73.1 Å². The molecule has 2 aliphatic rings. The van der Waals surface area contributed by atoms with Gasteiger partial charge < -0.3 is 14.8 Å². The monoisotopic (exact) mass is 476 g/mol. The SMILES string of the molecule is O=C(Nc1ccc(OCc2ccccc2)cc1-c1cccc(Cl)c1)OCC1C[C@H]2CC[C@@H](C1)N2. The number of hydrogen-bond donors (Lipinski definition) is 2. The molecule has 0 aliphatic carbocycles. The van der Waals surface area contributed by atoms with Crippen LogP contribution in [0.25, 0.3) is 11.1 Å². The number of fused-ring (bicyclic) bond motifs is 2. The van der Waals surface area contributed by atoms with Gasteiger partial charge in [-0.3, -0.25) is 5.32 Å². The van der Waals surface area contributed by atoms with E-state index in [1.165, 1.54) is 12.8 Å². The second-order valence-corrected chi connectivity index (χ2v) is 9.63. The summed E-state index contributed by atoms with van der Waals surface area (Å²) in [4.78, 5) is 12.7. The van der Waals surface area contributed by atoms with E-state index in [0.717, 1.165) is 29.5 Å². The predicted molar refractivity (Wildman–Crippen MR) is 135 cm³/mol. The molecule has 3 aromatic carbocycles. The van der Waals surface area contributed by atoms with Crippen LogP contribution in [0.1, 0.15) is 31.2 Å². The molecule has 2 aliphatic heterocycles. The van der Waals surface area contributed by atoms with Crippen LogP contribution in [0.3, 0.4) is 0 Å². The van der Waals surface area contributed by atoms with Crippen molar-refractivity contribution in [1.82, 2.24) is 5.32 Å². The zero-order valence-corrected chi connectivity index (χ0v) is 19.8. The van der Waals surface area contributed by atoms with Crippen molar-refractivity contribution in [2.24, 2.45) is 5.92 Å². The lowest BCUT2D eigenvalue weighted by molar-refractivity contribution is 0.122. The van der Waals surface area contributed by atoms with Crippen LogP contribution >= 0.6 is 11.6 Å². The molecule has 2 N–H and O–H groups in total. The first-order valence-electron chi connectivity index (χ1n) is 11.9. The van der Waals surface area contributed by atoms with Crippen molar-refractivity contribution in [2.75, 3.05) is 11.9 Å². The number of halogens is 1. The Morgan fingerprint density at radius 1 is 0.971 bits per heavy atom. The van der Waals surface area contributed by atoms with E-state index in [2.05, 4.69) is 10.6 Å². The molecular formula is C28H29ClN2O3. The van der Waals surface area contributed by atoms with Gasteiger partial charge in [-0.15, -0.1) is 0 Å². The summed E-state index contributed by atoms with van der Waals surface area (Å²) in [6, 6.07) is 24.4. The molecule has 6 heteroatoms. The van der Waals surface area contributed by atoms with Crippen molar-refractivity contribution in [1.29, 1.82) is 0 Å². The lowest BCUT2D eigenvalue weighted by Crippen LogP contribution is -2.39. The average Bonchev–Trinajstić information content (AvgIpc) is 3.20. The molecule has 0 saturated carbocycles. The Hall–Kier alpha value is -3.02. The number of carbonyl (C=O) groups is 1. The van der Waals surface area contributed by atoms with Crippen LogP contribution in [0.15, 0.2) is 72.8 Å². The van der Waals surface area contributed by atoms with Gasteiger partial charge in [0.2, 0.25) is 0 Å². The third-order valence-electron chi connectivity index (χ3n) is 6.63. The van der Waals surface area contributed by atoms with Crippen molar-refractivity contribution >= 4 is 23.4 Å². The summed E-state index contributed by atoms with van der Waals surface area (Å²) in [5, 5.41) is 7.18. The quantitative estimate of drug-likeness (QED) is 0.400. The van der Waals surface area contributed by atoms with Gasteiger partial charge in [-0.1, -0.05) is 54.1 Å². The molecule has 2 heterocycles. The van der Waals surface area contributed by atoms with E-state index in [-0.39, 0.29) is 0 Å². The predicted octanol–water partition coefficient (Wildman–Crippen LogP) is 6.67. The van der Waals surface area contributed by atoms with Gasteiger partial charge in [-0.25, -0.2) is 4.79 Å². The summed E-state index contributed by atoms with van der Waals surface area (Å²) >= 11 is 6.25. The number of hydrogen-bond acceptors (Lipinski definition) is 4. The molecule has 2 saturated heterocycles. The third-order valence-corrected chi connectivity index (χ3v) is 6.87. The fourth-order valence-corrected chi connectivity index (χ4v) is 5.20. The lowest BCUT2D eigenvalue weighted by Gasteiger charge is -2.28. The first kappa shape index (κ1) is 22.8. The summed E-state index contributed by atoms with van der Waals surface area (Å²) in [5.74, 6) is 1.13. The highest BCUT2D eigenvalue weighted by Gasteiger charge is 2.33. The van der Waals surface area contributed by atoms with Crippen molar-refractivity contribution in [3.05, 3.63) is 83.4 Å². The Kier molecular flexibility index (Phi) is 7.02. The van der Waals surface area contributed by atoms with Gasteiger partial charge in [0.1, 0.15) is 12.4 Å². The van der Waals surface area contributed by atoms with Crippen molar-refractivity contribution in [2.45, 2.75) is 44.4 Å². The van der Waals surface area contributed by atoms with Crippen molar-refractivity contribution in [3.8, 4) is 16.9 Å². The number of amides is 1. The second-order valence-electron chi connectivity index (χ2n) is 9.19. The third kappa shape index (κ3) is 5.72. The van der Waals surface area contributed by atoms with Gasteiger partial charge in [0.05, 0.1) is 12.3 Å². The average molecular weight is 477 g/mol. The number of carbonyl (C=O) groups excluding carboxylic acids is 1. The molecule has 3 atom stereocenters. The maximum absolute atomic E-state index is 12.7. The van der Waals surface area contributed by atoms with Crippen LogP contribution in [0.5, 0.6) is 5.75 Å². The molecule has 34 heavy (non-hydrogen) atoms. The van der Waals surface area contributed by atoms with Crippen LogP contribution in [0, 0.1) is 5.92 Å². The molecule has 2 bridgehead atoms. The van der Waals surface area contributed by atoms with E-state index < -0.39 is 6.09 Å². The summed E-state index contributed by atoms with van der Waals surface area (Å²) in [6.45, 7) is 0.911. The Labute approximate surface area is 205 Å². The molecule has 2 fully saturated rings. The summed E-state index contributed by atoms with van der Waals surface area (Å²) in [5.41, 5.74) is 3.46. The van der Waals surface area contributed by atoms with Crippen LogP contribution < -0.4 is 15.4 Å². The molecule has 0 spiro atoms. The van der Waals surface area contributed by atoms with Crippen LogP contribution in [0.2, 0.25) is 5.02 Å². The Morgan fingerprint density at radius 2 is 1.76 bits per heavy atom. The topological polar surface area (TPSA) is 59.6 Å². The Balaban J connectivity index is 1.28. The highest BCUT2D eigenvalue weighted by molar-refractivity contribution is 6.30. The minimum atomic E-state index is -0.438. The zero-order chi connectivity index (χ0) is 23.3. The molecule has 3 aromatic rings. The van der Waals surface area contributed by atoms with E-state index >= 15 is 0 Å².